The third-order valence-electron chi connectivity index (χ3n) is 4.39. The minimum absolute atomic E-state index is 0.0844. The van der Waals surface area contributed by atoms with Crippen LogP contribution < -0.4 is 15.8 Å². The summed E-state index contributed by atoms with van der Waals surface area (Å²) in [5, 5.41) is 4.76. The first kappa shape index (κ1) is 19.0. The summed E-state index contributed by atoms with van der Waals surface area (Å²) in [7, 11) is 0. The molecule has 0 aliphatic rings. The highest BCUT2D eigenvalue weighted by Gasteiger charge is 2.16. The Kier molecular flexibility index (Phi) is 6.18. The zero-order valence-electron chi connectivity index (χ0n) is 15.5. The van der Waals surface area contributed by atoms with E-state index in [0.29, 0.717) is 29.3 Å². The lowest BCUT2D eigenvalue weighted by atomic mass is 10.2. The van der Waals surface area contributed by atoms with Crippen molar-refractivity contribution in [2.75, 3.05) is 18.0 Å². The lowest BCUT2D eigenvalue weighted by Gasteiger charge is -2.23. The monoisotopic (exact) mass is 385 g/mol. The molecule has 0 aromatic carbocycles. The van der Waals surface area contributed by atoms with Crippen LogP contribution in [0.5, 0.6) is 0 Å². The van der Waals surface area contributed by atoms with Gasteiger partial charge in [-0.1, -0.05) is 0 Å². The fourth-order valence-electron chi connectivity index (χ4n) is 2.88. The highest BCUT2D eigenvalue weighted by Crippen LogP contribution is 2.19. The van der Waals surface area contributed by atoms with E-state index < -0.39 is 0 Å². The van der Waals surface area contributed by atoms with Gasteiger partial charge in [0.25, 0.3) is 5.56 Å². The number of amides is 1. The van der Waals surface area contributed by atoms with Crippen LogP contribution in [0.1, 0.15) is 25.8 Å². The number of rotatable bonds is 8. The summed E-state index contributed by atoms with van der Waals surface area (Å²) >= 11 is 1.38. The Balaban J connectivity index is 1.76. The van der Waals surface area contributed by atoms with E-state index in [1.165, 1.54) is 11.3 Å². The minimum atomic E-state index is -0.101. The molecule has 1 N–H and O–H groups in total. The number of hydrogen-bond donors (Lipinski definition) is 1. The molecule has 3 aromatic rings. The highest BCUT2D eigenvalue weighted by molar-refractivity contribution is 7.17. The zero-order valence-corrected chi connectivity index (χ0v) is 16.3. The zero-order chi connectivity index (χ0) is 19.2. The van der Waals surface area contributed by atoms with Crippen LogP contribution in [0.15, 0.2) is 40.8 Å². The summed E-state index contributed by atoms with van der Waals surface area (Å²) in [5.74, 6) is 0.522. The van der Waals surface area contributed by atoms with Crippen LogP contribution in [0, 0.1) is 0 Å². The van der Waals surface area contributed by atoms with Gasteiger partial charge in [-0.2, -0.15) is 0 Å². The van der Waals surface area contributed by atoms with E-state index in [9.17, 15) is 9.59 Å². The van der Waals surface area contributed by atoms with Gasteiger partial charge in [0.15, 0.2) is 0 Å². The molecule has 0 bridgehead atoms. The molecule has 0 radical (unpaired) electrons. The van der Waals surface area contributed by atoms with Crippen molar-refractivity contribution in [3.8, 4) is 0 Å². The molecule has 0 atom stereocenters. The number of carbonyl (C=O) groups excluding carboxylic acids is 1. The predicted octanol–water partition coefficient (Wildman–Crippen LogP) is 2.41. The largest absolute Gasteiger partial charge is 0.352 e. The highest BCUT2D eigenvalue weighted by atomic mass is 32.1. The third-order valence-corrected chi connectivity index (χ3v) is 5.29. The summed E-state index contributed by atoms with van der Waals surface area (Å²) < 4.78 is 2.25. The first-order chi connectivity index (χ1) is 13.1. The SMILES string of the molecule is CCN(CC)c1nc2ccsc2c(=O)n1CCC(=O)NCc1ccncc1. The smallest absolute Gasteiger partial charge is 0.272 e. The number of pyridine rings is 1. The number of hydrogen-bond acceptors (Lipinski definition) is 6. The van der Waals surface area contributed by atoms with E-state index >= 15 is 0 Å². The molecular formula is C19H23N5O2S. The van der Waals surface area contributed by atoms with E-state index in [4.69, 9.17) is 0 Å². The molecule has 0 spiro atoms. The van der Waals surface area contributed by atoms with Gasteiger partial charge in [0, 0.05) is 45.0 Å². The first-order valence-corrected chi connectivity index (χ1v) is 9.90. The number of nitrogens with one attached hydrogen (secondary N) is 1. The van der Waals surface area contributed by atoms with Crippen molar-refractivity contribution in [3.63, 3.8) is 0 Å². The number of anilines is 1. The predicted molar refractivity (Wildman–Crippen MR) is 108 cm³/mol. The molecule has 3 heterocycles. The van der Waals surface area contributed by atoms with Gasteiger partial charge in [-0.05, 0) is 43.0 Å². The van der Waals surface area contributed by atoms with Crippen LogP contribution in [0.2, 0.25) is 0 Å². The van der Waals surface area contributed by atoms with Crippen LogP contribution in [0.4, 0.5) is 5.95 Å². The van der Waals surface area contributed by atoms with Gasteiger partial charge in [-0.15, -0.1) is 11.3 Å². The second-order valence-electron chi connectivity index (χ2n) is 6.06. The van der Waals surface area contributed by atoms with Crippen LogP contribution in [-0.2, 0) is 17.9 Å². The molecule has 0 saturated carbocycles. The molecule has 27 heavy (non-hydrogen) atoms. The molecule has 0 saturated heterocycles. The maximum Gasteiger partial charge on any atom is 0.272 e. The Labute approximate surface area is 161 Å². The number of fused-ring (bicyclic) bond motifs is 1. The molecule has 0 unspecified atom stereocenters. The third kappa shape index (κ3) is 4.33. The normalized spacial score (nSPS) is 10.9. The second-order valence-corrected chi connectivity index (χ2v) is 6.97. The minimum Gasteiger partial charge on any atom is -0.352 e. The average Bonchev–Trinajstić information content (AvgIpc) is 3.17. The Hall–Kier alpha value is -2.74. The quantitative estimate of drug-likeness (QED) is 0.644. The first-order valence-electron chi connectivity index (χ1n) is 9.02. The van der Waals surface area contributed by atoms with Crippen molar-refractivity contribution in [2.45, 2.75) is 33.4 Å². The average molecular weight is 385 g/mol. The number of aromatic nitrogens is 3. The van der Waals surface area contributed by atoms with E-state index in [0.717, 1.165) is 18.7 Å². The molecule has 0 fully saturated rings. The fourth-order valence-corrected chi connectivity index (χ4v) is 3.66. The molecule has 142 valence electrons. The van der Waals surface area contributed by atoms with Gasteiger partial charge in [0.2, 0.25) is 11.9 Å². The number of thiophene rings is 1. The van der Waals surface area contributed by atoms with Gasteiger partial charge >= 0.3 is 0 Å². The van der Waals surface area contributed by atoms with Crippen LogP contribution in [0.25, 0.3) is 10.2 Å². The molecule has 0 aliphatic carbocycles. The van der Waals surface area contributed by atoms with E-state index in [1.807, 2.05) is 42.3 Å². The van der Waals surface area contributed by atoms with Crippen LogP contribution in [-0.4, -0.2) is 33.5 Å². The Bertz CT molecular complexity index is 963. The summed E-state index contributed by atoms with van der Waals surface area (Å²) in [4.78, 5) is 35.8. The summed E-state index contributed by atoms with van der Waals surface area (Å²) in [6.45, 7) is 6.28. The second kappa shape index (κ2) is 8.77. The lowest BCUT2D eigenvalue weighted by molar-refractivity contribution is -0.121. The Morgan fingerprint density at radius 2 is 1.96 bits per heavy atom. The lowest BCUT2D eigenvalue weighted by Crippen LogP contribution is -2.34. The van der Waals surface area contributed by atoms with Crippen molar-refractivity contribution in [1.82, 2.24) is 19.9 Å². The van der Waals surface area contributed by atoms with Gasteiger partial charge in [-0.25, -0.2) is 4.98 Å². The Morgan fingerprint density at radius 3 is 2.67 bits per heavy atom. The molecule has 3 aromatic heterocycles. The molecule has 7 nitrogen and oxygen atoms in total. The summed E-state index contributed by atoms with van der Waals surface area (Å²) in [6, 6.07) is 5.58. The number of carbonyl (C=O) groups is 1. The van der Waals surface area contributed by atoms with E-state index in [1.54, 1.807) is 17.0 Å². The maximum atomic E-state index is 12.9. The fraction of sp³-hybridized carbons (Fsp3) is 0.368. The number of nitrogens with zero attached hydrogens (tertiary/aromatic N) is 4. The molecule has 8 heteroatoms. The van der Waals surface area contributed by atoms with Crippen molar-refractivity contribution < 1.29 is 4.79 Å². The topological polar surface area (TPSA) is 80.1 Å². The standard InChI is InChI=1S/C19H23N5O2S/c1-3-23(4-2)19-22-15-8-12-27-17(15)18(26)24(19)11-7-16(25)21-13-14-5-9-20-10-6-14/h5-6,8-10,12H,3-4,7,11,13H2,1-2H3,(H,21,25). The van der Waals surface area contributed by atoms with Crippen LogP contribution >= 0.6 is 11.3 Å². The summed E-state index contributed by atoms with van der Waals surface area (Å²) in [6.07, 6.45) is 3.61. The molecular weight excluding hydrogens is 362 g/mol. The van der Waals surface area contributed by atoms with E-state index in [-0.39, 0.29) is 17.9 Å². The van der Waals surface area contributed by atoms with Crippen molar-refractivity contribution in [2.24, 2.45) is 0 Å². The Morgan fingerprint density at radius 1 is 1.22 bits per heavy atom. The van der Waals surface area contributed by atoms with Gasteiger partial charge < -0.3 is 10.2 Å². The van der Waals surface area contributed by atoms with Gasteiger partial charge in [0.1, 0.15) is 4.70 Å². The summed E-state index contributed by atoms with van der Waals surface area (Å²) in [5.41, 5.74) is 1.62. The molecule has 0 aliphatic heterocycles. The van der Waals surface area contributed by atoms with Gasteiger partial charge in [0.05, 0.1) is 5.52 Å². The molecule has 1 amide bonds. The van der Waals surface area contributed by atoms with Crippen molar-refractivity contribution in [1.29, 1.82) is 0 Å². The molecule has 3 rings (SSSR count). The van der Waals surface area contributed by atoms with Crippen LogP contribution in [0.3, 0.4) is 0 Å². The maximum absolute atomic E-state index is 12.9. The van der Waals surface area contributed by atoms with Crippen molar-refractivity contribution in [3.05, 3.63) is 51.9 Å². The van der Waals surface area contributed by atoms with E-state index in [2.05, 4.69) is 15.3 Å². The van der Waals surface area contributed by atoms with Crippen molar-refractivity contribution >= 4 is 33.4 Å². The van der Waals surface area contributed by atoms with Gasteiger partial charge in [-0.3, -0.25) is 19.1 Å².